The first-order valence-electron chi connectivity index (χ1n) is 8.78. The zero-order valence-electron chi connectivity index (χ0n) is 15.7. The van der Waals surface area contributed by atoms with Gasteiger partial charge in [-0.1, -0.05) is 6.92 Å². The first-order chi connectivity index (χ1) is 13.1. The molecule has 0 aliphatic carbocycles. The van der Waals surface area contributed by atoms with Gasteiger partial charge in [0.25, 0.3) is 11.6 Å². The monoisotopic (exact) mass is 413 g/mol. The molecule has 154 valence electrons. The van der Waals surface area contributed by atoms with Gasteiger partial charge in [-0.05, 0) is 31.9 Å². The summed E-state index contributed by atoms with van der Waals surface area (Å²) in [6.07, 6.45) is 0.955. The van der Waals surface area contributed by atoms with Gasteiger partial charge in [-0.25, -0.2) is 13.2 Å². The van der Waals surface area contributed by atoms with Crippen LogP contribution < -0.4 is 5.73 Å². The predicted molar refractivity (Wildman–Crippen MR) is 101 cm³/mol. The normalized spacial score (nSPS) is 19.0. The van der Waals surface area contributed by atoms with Gasteiger partial charge < -0.3 is 15.4 Å². The third kappa shape index (κ3) is 4.97. The number of amides is 1. The molecule has 0 saturated carbocycles. The molecular formula is C17H23N3O7S. The van der Waals surface area contributed by atoms with Crippen LogP contribution in [-0.2, 0) is 19.4 Å². The van der Waals surface area contributed by atoms with Gasteiger partial charge in [0.15, 0.2) is 16.4 Å². The summed E-state index contributed by atoms with van der Waals surface area (Å²) in [5.74, 6) is -1.50. The summed E-state index contributed by atoms with van der Waals surface area (Å²) in [5.41, 5.74) is 4.86. The van der Waals surface area contributed by atoms with Gasteiger partial charge in [0.05, 0.1) is 22.0 Å². The highest BCUT2D eigenvalue weighted by atomic mass is 32.2. The summed E-state index contributed by atoms with van der Waals surface area (Å²) >= 11 is 0. The standard InChI is InChI=1S/C17H23N3O7S/c1-3-11(2)19(13-6-7-28(25,26)10-13)16(21)9-27-17(22)12-4-5-14(18)15(8-12)20(23)24/h4-5,8,11,13H,3,6-7,9-10,18H2,1-2H3/t11-,13+/m1/s1. The van der Waals surface area contributed by atoms with Crippen LogP contribution in [0.1, 0.15) is 37.0 Å². The molecule has 0 bridgehead atoms. The Hall–Kier alpha value is -2.69. The maximum atomic E-state index is 12.6. The van der Waals surface area contributed by atoms with Crippen molar-refractivity contribution in [1.29, 1.82) is 0 Å². The molecule has 1 amide bonds. The molecule has 1 heterocycles. The fourth-order valence-electron chi connectivity index (χ4n) is 3.11. The highest BCUT2D eigenvalue weighted by Crippen LogP contribution is 2.24. The van der Waals surface area contributed by atoms with Gasteiger partial charge in [0.2, 0.25) is 0 Å². The lowest BCUT2D eigenvalue weighted by Crippen LogP contribution is -2.48. The predicted octanol–water partition coefficient (Wildman–Crippen LogP) is 1.15. The lowest BCUT2D eigenvalue weighted by atomic mass is 10.1. The van der Waals surface area contributed by atoms with Crippen molar-refractivity contribution in [2.24, 2.45) is 0 Å². The minimum atomic E-state index is -3.18. The summed E-state index contributed by atoms with van der Waals surface area (Å²) in [6.45, 7) is 3.08. The maximum absolute atomic E-state index is 12.6. The molecule has 1 saturated heterocycles. The maximum Gasteiger partial charge on any atom is 0.338 e. The highest BCUT2D eigenvalue weighted by Gasteiger charge is 2.36. The number of nitrogens with two attached hydrogens (primary N) is 1. The fourth-order valence-corrected chi connectivity index (χ4v) is 4.83. The quantitative estimate of drug-likeness (QED) is 0.303. The van der Waals surface area contributed by atoms with Crippen LogP contribution in [0.4, 0.5) is 11.4 Å². The van der Waals surface area contributed by atoms with Crippen LogP contribution in [0, 0.1) is 10.1 Å². The molecule has 1 aliphatic rings. The summed E-state index contributed by atoms with van der Waals surface area (Å²) in [5, 5.41) is 10.9. The number of ether oxygens (including phenoxy) is 1. The zero-order valence-corrected chi connectivity index (χ0v) is 16.5. The number of esters is 1. The van der Waals surface area contributed by atoms with E-state index in [1.54, 1.807) is 6.92 Å². The average Bonchev–Trinajstić information content (AvgIpc) is 2.99. The van der Waals surface area contributed by atoms with Crippen LogP contribution >= 0.6 is 0 Å². The first kappa shape index (κ1) is 21.6. The van der Waals surface area contributed by atoms with Gasteiger partial charge in [0.1, 0.15) is 5.69 Å². The Morgan fingerprint density at radius 3 is 2.64 bits per heavy atom. The van der Waals surface area contributed by atoms with Crippen molar-refractivity contribution < 1.29 is 27.7 Å². The Labute approximate surface area is 162 Å². The Bertz CT molecular complexity index is 885. The molecule has 0 spiro atoms. The summed E-state index contributed by atoms with van der Waals surface area (Å²) in [4.78, 5) is 36.5. The molecule has 2 rings (SSSR count). The minimum absolute atomic E-state index is 0.0206. The number of hydrogen-bond donors (Lipinski definition) is 1. The fraction of sp³-hybridized carbons (Fsp3) is 0.529. The van der Waals surface area contributed by atoms with E-state index in [0.29, 0.717) is 12.8 Å². The molecule has 0 radical (unpaired) electrons. The molecule has 28 heavy (non-hydrogen) atoms. The van der Waals surface area contributed by atoms with E-state index < -0.39 is 45.0 Å². The van der Waals surface area contributed by atoms with Gasteiger partial charge in [0, 0.05) is 18.2 Å². The van der Waals surface area contributed by atoms with Crippen molar-refractivity contribution in [3.05, 3.63) is 33.9 Å². The van der Waals surface area contributed by atoms with Crippen molar-refractivity contribution in [3.8, 4) is 0 Å². The van der Waals surface area contributed by atoms with Gasteiger partial charge >= 0.3 is 5.97 Å². The van der Waals surface area contributed by atoms with Crippen molar-refractivity contribution in [3.63, 3.8) is 0 Å². The van der Waals surface area contributed by atoms with E-state index in [1.165, 1.54) is 17.0 Å². The average molecular weight is 413 g/mol. The first-order valence-corrected chi connectivity index (χ1v) is 10.6. The van der Waals surface area contributed by atoms with Crippen LogP contribution in [-0.4, -0.2) is 60.3 Å². The number of rotatable bonds is 7. The Morgan fingerprint density at radius 1 is 1.43 bits per heavy atom. The van der Waals surface area contributed by atoms with Crippen LogP contribution in [0.25, 0.3) is 0 Å². The summed E-state index contributed by atoms with van der Waals surface area (Å²) in [6, 6.07) is 2.79. The van der Waals surface area contributed by atoms with E-state index >= 15 is 0 Å². The van der Waals surface area contributed by atoms with E-state index in [1.807, 2.05) is 6.92 Å². The Kier molecular flexibility index (Phi) is 6.60. The van der Waals surface area contributed by atoms with E-state index in [-0.39, 0.29) is 28.8 Å². The van der Waals surface area contributed by atoms with Crippen molar-refractivity contribution in [1.82, 2.24) is 4.90 Å². The van der Waals surface area contributed by atoms with Crippen molar-refractivity contribution in [2.75, 3.05) is 23.8 Å². The smallest absolute Gasteiger partial charge is 0.338 e. The number of nitrogen functional groups attached to an aromatic ring is 1. The molecule has 0 aromatic heterocycles. The second-order valence-electron chi connectivity index (χ2n) is 6.72. The molecule has 1 aromatic rings. The zero-order chi connectivity index (χ0) is 21.1. The molecule has 1 aliphatic heterocycles. The molecule has 11 heteroatoms. The number of sulfone groups is 1. The lowest BCUT2D eigenvalue weighted by Gasteiger charge is -2.33. The number of anilines is 1. The van der Waals surface area contributed by atoms with E-state index in [9.17, 15) is 28.1 Å². The second kappa shape index (κ2) is 8.55. The number of nitro groups is 1. The number of hydrogen-bond acceptors (Lipinski definition) is 8. The summed E-state index contributed by atoms with van der Waals surface area (Å²) in [7, 11) is -3.18. The SMILES string of the molecule is CC[C@@H](C)N(C(=O)COC(=O)c1ccc(N)c([N+](=O)[O-])c1)[C@H]1CCS(=O)(=O)C1. The van der Waals surface area contributed by atoms with Crippen LogP contribution in [0.5, 0.6) is 0 Å². The summed E-state index contributed by atoms with van der Waals surface area (Å²) < 4.78 is 28.5. The topological polar surface area (TPSA) is 150 Å². The van der Waals surface area contributed by atoms with Crippen LogP contribution in [0.15, 0.2) is 18.2 Å². The molecule has 0 unspecified atom stereocenters. The highest BCUT2D eigenvalue weighted by molar-refractivity contribution is 7.91. The van der Waals surface area contributed by atoms with E-state index in [2.05, 4.69) is 0 Å². The number of carbonyl (C=O) groups excluding carboxylic acids is 2. The van der Waals surface area contributed by atoms with Crippen LogP contribution in [0.3, 0.4) is 0 Å². The molecule has 1 aromatic carbocycles. The third-order valence-corrected chi connectivity index (χ3v) is 6.50. The largest absolute Gasteiger partial charge is 0.452 e. The number of nitro benzene ring substituents is 1. The lowest BCUT2D eigenvalue weighted by molar-refractivity contribution is -0.383. The molecule has 2 N–H and O–H groups in total. The number of benzene rings is 1. The molecule has 1 fully saturated rings. The molecular weight excluding hydrogens is 390 g/mol. The van der Waals surface area contributed by atoms with Gasteiger partial charge in [-0.3, -0.25) is 14.9 Å². The number of nitrogens with zero attached hydrogens (tertiary/aromatic N) is 2. The van der Waals surface area contributed by atoms with Gasteiger partial charge in [-0.15, -0.1) is 0 Å². The molecule has 10 nitrogen and oxygen atoms in total. The third-order valence-electron chi connectivity index (χ3n) is 4.75. The Balaban J connectivity index is 2.09. The minimum Gasteiger partial charge on any atom is -0.452 e. The van der Waals surface area contributed by atoms with Crippen molar-refractivity contribution >= 4 is 33.1 Å². The van der Waals surface area contributed by atoms with Crippen LogP contribution in [0.2, 0.25) is 0 Å². The molecule has 2 atom stereocenters. The Morgan fingerprint density at radius 2 is 2.11 bits per heavy atom. The number of carbonyl (C=O) groups is 2. The van der Waals surface area contributed by atoms with Crippen molar-refractivity contribution in [2.45, 2.75) is 38.8 Å². The van der Waals surface area contributed by atoms with E-state index in [4.69, 9.17) is 10.5 Å². The second-order valence-corrected chi connectivity index (χ2v) is 8.95. The van der Waals surface area contributed by atoms with Gasteiger partial charge in [-0.2, -0.15) is 0 Å². The van der Waals surface area contributed by atoms with E-state index in [0.717, 1.165) is 6.07 Å².